The zero-order valence-corrected chi connectivity index (χ0v) is 33.5. The van der Waals surface area contributed by atoms with Gasteiger partial charge in [-0.2, -0.15) is 11.8 Å². The number of hydrogen-bond donors (Lipinski definition) is 2. The molecule has 0 spiro atoms. The largest absolute Gasteiger partial charge is 0.508 e. The Labute approximate surface area is 305 Å². The van der Waals surface area contributed by atoms with Gasteiger partial charge in [-0.05, 0) is 82.1 Å². The molecule has 11 nitrogen and oxygen atoms in total. The van der Waals surface area contributed by atoms with Gasteiger partial charge in [0.05, 0.1) is 24.6 Å². The number of carbonyl (C=O) groups is 4. The van der Waals surface area contributed by atoms with Gasteiger partial charge in [-0.1, -0.05) is 48.0 Å². The maximum absolute atomic E-state index is 14.2. The summed E-state index contributed by atoms with van der Waals surface area (Å²) in [4.78, 5) is 62.4. The van der Waals surface area contributed by atoms with E-state index in [4.69, 9.17) is 4.74 Å². The molecule has 0 saturated carbocycles. The van der Waals surface area contributed by atoms with Gasteiger partial charge in [0.25, 0.3) is 0 Å². The van der Waals surface area contributed by atoms with Crippen LogP contribution in [0, 0.1) is 17.8 Å². The number of amides is 4. The Morgan fingerprint density at radius 2 is 1.62 bits per heavy atom. The summed E-state index contributed by atoms with van der Waals surface area (Å²) >= 11 is 1.60. The number of carbonyl (C=O) groups excluding carboxylic acids is 4. The van der Waals surface area contributed by atoms with Crippen LogP contribution in [0.15, 0.2) is 24.3 Å². The van der Waals surface area contributed by atoms with Gasteiger partial charge in [0.1, 0.15) is 11.8 Å². The van der Waals surface area contributed by atoms with E-state index >= 15 is 0 Å². The van der Waals surface area contributed by atoms with Crippen molar-refractivity contribution in [3.05, 3.63) is 24.3 Å². The SMILES string of the molecule is CCC(C)C(C(CC(=O)N1CCCC1C(CC(=O)N(CC)c1ccc(O)cc1)SC)OC)N(C)C(=O)C(NC(=O)C(C(C)C)N(C)C)C(C)C. The summed E-state index contributed by atoms with van der Waals surface area (Å²) < 4.78 is 6.03. The molecule has 7 unspecified atom stereocenters. The number of benzene rings is 1. The zero-order chi connectivity index (χ0) is 37.9. The molecule has 1 aliphatic rings. The van der Waals surface area contributed by atoms with Gasteiger partial charge in [0.2, 0.25) is 23.6 Å². The van der Waals surface area contributed by atoms with Crippen LogP contribution in [-0.4, -0.2) is 127 Å². The summed E-state index contributed by atoms with van der Waals surface area (Å²) in [6, 6.07) is 4.99. The van der Waals surface area contributed by atoms with Crippen LogP contribution >= 0.6 is 11.8 Å². The van der Waals surface area contributed by atoms with E-state index in [-0.39, 0.29) is 77.3 Å². The first-order chi connectivity index (χ1) is 23.5. The Morgan fingerprint density at radius 3 is 2.10 bits per heavy atom. The lowest BCUT2D eigenvalue weighted by molar-refractivity contribution is -0.146. The van der Waals surface area contributed by atoms with E-state index in [0.29, 0.717) is 13.1 Å². The molecule has 1 fully saturated rings. The van der Waals surface area contributed by atoms with Crippen molar-refractivity contribution in [1.29, 1.82) is 0 Å². The number of thioether (sulfide) groups is 1. The fourth-order valence-electron chi connectivity index (χ4n) is 7.41. The van der Waals surface area contributed by atoms with Gasteiger partial charge in [0, 0.05) is 50.6 Å². The second-order valence-electron chi connectivity index (χ2n) is 14.6. The van der Waals surface area contributed by atoms with E-state index in [0.717, 1.165) is 24.9 Å². The molecule has 0 radical (unpaired) electrons. The second kappa shape index (κ2) is 20.3. The third kappa shape index (κ3) is 11.1. The summed E-state index contributed by atoms with van der Waals surface area (Å²) in [6.07, 6.45) is 4.21. The average molecular weight is 720 g/mol. The number of ether oxygens (including phenoxy) is 1. The van der Waals surface area contributed by atoms with Crippen LogP contribution in [0.1, 0.15) is 80.6 Å². The van der Waals surface area contributed by atoms with Crippen molar-refractivity contribution in [2.24, 2.45) is 17.8 Å². The van der Waals surface area contributed by atoms with Crippen molar-refractivity contribution < 1.29 is 29.0 Å². The zero-order valence-electron chi connectivity index (χ0n) is 32.6. The summed E-state index contributed by atoms with van der Waals surface area (Å²) in [6.45, 7) is 15.0. The van der Waals surface area contributed by atoms with Crippen molar-refractivity contribution in [3.8, 4) is 5.75 Å². The lowest BCUT2D eigenvalue weighted by atomic mass is 9.89. The van der Waals surface area contributed by atoms with Gasteiger partial charge in [0.15, 0.2) is 0 Å². The van der Waals surface area contributed by atoms with Crippen molar-refractivity contribution in [2.45, 2.75) is 116 Å². The Morgan fingerprint density at radius 1 is 1.00 bits per heavy atom. The first-order valence-corrected chi connectivity index (χ1v) is 19.5. The molecular formula is C38H65N5O6S. The van der Waals surface area contributed by atoms with E-state index < -0.39 is 18.2 Å². The van der Waals surface area contributed by atoms with Crippen LogP contribution in [-0.2, 0) is 23.9 Å². The van der Waals surface area contributed by atoms with Gasteiger partial charge in [-0.15, -0.1) is 0 Å². The lowest BCUT2D eigenvalue weighted by Gasteiger charge is -2.41. The van der Waals surface area contributed by atoms with E-state index in [2.05, 4.69) is 19.2 Å². The highest BCUT2D eigenvalue weighted by Crippen LogP contribution is 2.32. The molecule has 0 bridgehead atoms. The Kier molecular flexibility index (Phi) is 17.6. The first-order valence-electron chi connectivity index (χ1n) is 18.2. The molecule has 7 atom stereocenters. The molecular weight excluding hydrogens is 655 g/mol. The molecule has 4 amide bonds. The number of nitrogens with one attached hydrogen (secondary N) is 1. The van der Waals surface area contributed by atoms with Crippen LogP contribution in [0.5, 0.6) is 5.75 Å². The monoisotopic (exact) mass is 719 g/mol. The highest BCUT2D eigenvalue weighted by atomic mass is 32.2. The van der Waals surface area contributed by atoms with E-state index in [1.165, 1.54) is 0 Å². The molecule has 1 saturated heterocycles. The van der Waals surface area contributed by atoms with Gasteiger partial charge in [-0.3, -0.25) is 24.1 Å². The van der Waals surface area contributed by atoms with Crippen LogP contribution in [0.2, 0.25) is 0 Å². The minimum absolute atomic E-state index is 0.0151. The fraction of sp³-hybridized carbons (Fsp3) is 0.737. The topological polar surface area (TPSA) is 123 Å². The highest BCUT2D eigenvalue weighted by molar-refractivity contribution is 7.99. The third-order valence-corrected chi connectivity index (χ3v) is 11.4. The Balaban J connectivity index is 2.27. The molecule has 50 heavy (non-hydrogen) atoms. The van der Waals surface area contributed by atoms with Crippen molar-refractivity contribution in [3.63, 3.8) is 0 Å². The first kappa shape index (κ1) is 43.3. The predicted octanol–water partition coefficient (Wildman–Crippen LogP) is 4.86. The minimum Gasteiger partial charge on any atom is -0.508 e. The van der Waals surface area contributed by atoms with Crippen LogP contribution in [0.25, 0.3) is 0 Å². The number of hydrogen-bond acceptors (Lipinski definition) is 8. The maximum Gasteiger partial charge on any atom is 0.245 e. The van der Waals surface area contributed by atoms with Gasteiger partial charge < -0.3 is 29.9 Å². The standard InChI is InChI=1S/C38H65N5O6S/c1-13-26(7)36(41(10)38(48)34(24(3)4)39-37(47)35(25(5)6)40(8)9)30(49-11)22-32(45)43-21-15-16-29(43)31(50-12)23-33(46)42(14-2)27-17-19-28(44)20-18-27/h17-20,24-26,29-31,34-36,44H,13-16,21-23H2,1-12H3,(H,39,47). The quantitative estimate of drug-likeness (QED) is 0.208. The molecule has 1 aromatic carbocycles. The summed E-state index contributed by atoms with van der Waals surface area (Å²) in [5.41, 5.74) is 0.726. The molecule has 1 aromatic rings. The number of methoxy groups -OCH3 is 1. The van der Waals surface area contributed by atoms with Crippen molar-refractivity contribution in [1.82, 2.24) is 20.0 Å². The average Bonchev–Trinajstić information content (AvgIpc) is 3.56. The number of phenols is 1. The molecule has 0 aliphatic carbocycles. The number of aromatic hydroxyl groups is 1. The molecule has 2 rings (SSSR count). The summed E-state index contributed by atoms with van der Waals surface area (Å²) in [7, 11) is 7.07. The van der Waals surface area contributed by atoms with Crippen LogP contribution in [0.4, 0.5) is 5.69 Å². The lowest BCUT2D eigenvalue weighted by Crippen LogP contribution is -2.59. The summed E-state index contributed by atoms with van der Waals surface area (Å²) in [5.74, 6) is -0.401. The van der Waals surface area contributed by atoms with Crippen molar-refractivity contribution in [2.75, 3.05) is 52.5 Å². The number of rotatable bonds is 19. The smallest absolute Gasteiger partial charge is 0.245 e. The van der Waals surface area contributed by atoms with Gasteiger partial charge >= 0.3 is 0 Å². The maximum atomic E-state index is 14.2. The molecule has 1 aliphatic heterocycles. The molecule has 1 heterocycles. The fourth-order valence-corrected chi connectivity index (χ4v) is 8.31. The molecule has 284 valence electrons. The molecule has 12 heteroatoms. The van der Waals surface area contributed by atoms with Crippen molar-refractivity contribution >= 4 is 41.1 Å². The van der Waals surface area contributed by atoms with Crippen LogP contribution < -0.4 is 10.2 Å². The number of likely N-dealkylation sites (tertiary alicyclic amines) is 1. The molecule has 0 aromatic heterocycles. The van der Waals surface area contributed by atoms with E-state index in [1.807, 2.05) is 64.8 Å². The van der Waals surface area contributed by atoms with Crippen LogP contribution in [0.3, 0.4) is 0 Å². The normalized spacial score (nSPS) is 18.5. The Hall–Kier alpha value is -2.83. The number of likely N-dealkylation sites (N-methyl/N-ethyl adjacent to an activating group) is 2. The number of nitrogens with zero attached hydrogens (tertiary/aromatic N) is 4. The number of phenolic OH excluding ortho intramolecular Hbond substituents is 1. The third-order valence-electron chi connectivity index (χ3n) is 10.3. The highest BCUT2D eigenvalue weighted by Gasteiger charge is 2.41. The molecule has 2 N–H and O–H groups in total. The van der Waals surface area contributed by atoms with E-state index in [9.17, 15) is 24.3 Å². The summed E-state index contributed by atoms with van der Waals surface area (Å²) in [5, 5.41) is 12.7. The predicted molar refractivity (Wildman–Crippen MR) is 203 cm³/mol. The number of anilines is 1. The second-order valence-corrected chi connectivity index (χ2v) is 15.7. The minimum atomic E-state index is -0.736. The van der Waals surface area contributed by atoms with Gasteiger partial charge in [-0.25, -0.2) is 0 Å². The van der Waals surface area contributed by atoms with E-state index in [1.54, 1.807) is 60.0 Å². The Bertz CT molecular complexity index is 1240.